The van der Waals surface area contributed by atoms with Gasteiger partial charge in [0, 0.05) is 0 Å². The zero-order valence-corrected chi connectivity index (χ0v) is 15.6. The zero-order chi connectivity index (χ0) is 20.0. The minimum atomic E-state index is -5.02. The Morgan fingerprint density at radius 1 is 1.15 bits per heavy atom. The molecule has 1 aromatic rings. The monoisotopic (exact) mass is 456 g/mol. The van der Waals surface area contributed by atoms with Crippen molar-refractivity contribution in [3.05, 3.63) is 38.3 Å². The molecule has 0 saturated heterocycles. The highest BCUT2D eigenvalue weighted by Crippen LogP contribution is 2.54. The van der Waals surface area contributed by atoms with Crippen molar-refractivity contribution < 1.29 is 31.1 Å². The highest BCUT2D eigenvalue weighted by Gasteiger charge is 2.50. The fourth-order valence-electron chi connectivity index (χ4n) is 2.19. The minimum absolute atomic E-state index is 0.473. The maximum Gasteiger partial charge on any atom is 0.432 e. The van der Waals surface area contributed by atoms with E-state index >= 15 is 0 Å². The minimum Gasteiger partial charge on any atom is -0.365 e. The number of halogens is 8. The highest BCUT2D eigenvalue weighted by atomic mass is 35.5. The summed E-state index contributed by atoms with van der Waals surface area (Å²) in [6.07, 6.45) is -8.35. The van der Waals surface area contributed by atoms with Gasteiger partial charge in [0.2, 0.25) is 0 Å². The predicted molar refractivity (Wildman–Crippen MR) is 91.1 cm³/mol. The average molecular weight is 457 g/mol. The van der Waals surface area contributed by atoms with E-state index in [2.05, 4.69) is 0 Å². The Balaban J connectivity index is 2.73. The molecule has 0 radical (unpaired) electrons. The lowest BCUT2D eigenvalue weighted by molar-refractivity contribution is -0.137. The molecule has 3 nitrogen and oxygen atoms in total. The van der Waals surface area contributed by atoms with E-state index in [0.29, 0.717) is 28.8 Å². The molecule has 0 aliphatic carbocycles. The zero-order valence-electron chi connectivity index (χ0n) is 12.5. The fourth-order valence-corrected chi connectivity index (χ4v) is 4.92. The van der Waals surface area contributed by atoms with Crippen LogP contribution in [0, 0.1) is 0 Å². The summed E-state index contributed by atoms with van der Waals surface area (Å²) >= 11 is 13.1. The number of rotatable bonds is 3. The molecule has 1 aliphatic rings. The van der Waals surface area contributed by atoms with Crippen LogP contribution in [0.4, 0.5) is 32.0 Å². The molecular weight excluding hydrogens is 449 g/mol. The van der Waals surface area contributed by atoms with Gasteiger partial charge in [0.15, 0.2) is 0 Å². The molecule has 0 saturated carbocycles. The van der Waals surface area contributed by atoms with E-state index in [0.717, 1.165) is 11.8 Å². The standard InChI is InChI=1S/C13H8Cl2F6N2OS2/c1-25-11-23(9(13(19,20)21)8(26-11)10(22)24)7-5(14)2-4(3-6(7)15)12(16,17)18/h2-3,11H,1H3,(H2,22,24). The number of primary amides is 1. The number of nitrogens with zero attached hydrogens (tertiary/aromatic N) is 1. The summed E-state index contributed by atoms with van der Waals surface area (Å²) in [7, 11) is 0. The molecule has 1 aliphatic heterocycles. The molecule has 0 fully saturated rings. The van der Waals surface area contributed by atoms with Crippen molar-refractivity contribution in [3.8, 4) is 0 Å². The lowest BCUT2D eigenvalue weighted by Crippen LogP contribution is -2.34. The number of carbonyl (C=O) groups is 1. The van der Waals surface area contributed by atoms with Gasteiger partial charge in [-0.3, -0.25) is 4.79 Å². The van der Waals surface area contributed by atoms with Crippen molar-refractivity contribution in [2.24, 2.45) is 5.73 Å². The predicted octanol–water partition coefficient (Wildman–Crippen LogP) is 5.47. The van der Waals surface area contributed by atoms with Crippen LogP contribution in [0.3, 0.4) is 0 Å². The molecule has 1 unspecified atom stereocenters. The van der Waals surface area contributed by atoms with Crippen LogP contribution in [-0.4, -0.2) is 23.0 Å². The molecule has 1 amide bonds. The number of alkyl halides is 6. The van der Waals surface area contributed by atoms with Crippen LogP contribution in [0.5, 0.6) is 0 Å². The Morgan fingerprint density at radius 3 is 2.00 bits per heavy atom. The van der Waals surface area contributed by atoms with Gasteiger partial charge in [-0.2, -0.15) is 26.3 Å². The summed E-state index contributed by atoms with van der Waals surface area (Å²) in [5.74, 6) is -1.32. The maximum atomic E-state index is 13.6. The van der Waals surface area contributed by atoms with Crippen LogP contribution >= 0.6 is 46.7 Å². The van der Waals surface area contributed by atoms with Crippen molar-refractivity contribution in [1.29, 1.82) is 0 Å². The molecule has 0 aromatic heterocycles. The van der Waals surface area contributed by atoms with E-state index in [9.17, 15) is 31.1 Å². The second-order valence-electron chi connectivity index (χ2n) is 4.86. The SMILES string of the molecule is CSC1SC(C(N)=O)=C(C(F)(F)F)N1c1c(Cl)cc(C(F)(F)F)cc1Cl. The first-order valence-corrected chi connectivity index (χ1v) is 9.37. The lowest BCUT2D eigenvalue weighted by Gasteiger charge is -2.30. The molecule has 2 N–H and O–H groups in total. The van der Waals surface area contributed by atoms with Crippen molar-refractivity contribution in [2.45, 2.75) is 17.1 Å². The van der Waals surface area contributed by atoms with E-state index in [4.69, 9.17) is 28.9 Å². The van der Waals surface area contributed by atoms with E-state index in [1.165, 1.54) is 6.26 Å². The van der Waals surface area contributed by atoms with Crippen LogP contribution in [0.25, 0.3) is 0 Å². The molecule has 1 aromatic carbocycles. The van der Waals surface area contributed by atoms with E-state index in [-0.39, 0.29) is 0 Å². The summed E-state index contributed by atoms with van der Waals surface area (Å²) in [6.45, 7) is 0. The molecular formula is C13H8Cl2F6N2OS2. The summed E-state index contributed by atoms with van der Waals surface area (Å²) in [5.41, 5.74) is 1.91. The van der Waals surface area contributed by atoms with Crippen LogP contribution in [0.15, 0.2) is 22.7 Å². The van der Waals surface area contributed by atoms with Gasteiger partial charge in [-0.25, -0.2) is 0 Å². The van der Waals surface area contributed by atoms with Crippen molar-refractivity contribution in [3.63, 3.8) is 0 Å². The third-order valence-corrected chi connectivity index (χ3v) is 6.26. The Hall–Kier alpha value is -0.910. The van der Waals surface area contributed by atoms with Gasteiger partial charge in [0.1, 0.15) is 15.3 Å². The first-order chi connectivity index (χ1) is 11.8. The largest absolute Gasteiger partial charge is 0.432 e. The molecule has 2 rings (SSSR count). The normalized spacial score (nSPS) is 18.7. The van der Waals surface area contributed by atoms with Crippen LogP contribution in [0.1, 0.15) is 5.56 Å². The Kier molecular flexibility index (Phi) is 5.96. The number of thioether (sulfide) groups is 2. The van der Waals surface area contributed by atoms with Crippen molar-refractivity contribution >= 4 is 58.3 Å². The lowest BCUT2D eigenvalue weighted by atomic mass is 10.1. The quantitative estimate of drug-likeness (QED) is 0.612. The number of amides is 1. The number of nitrogens with two attached hydrogens (primary N) is 1. The molecule has 144 valence electrons. The number of allylic oxidation sites excluding steroid dienone is 1. The van der Waals surface area contributed by atoms with Crippen LogP contribution < -0.4 is 10.6 Å². The number of anilines is 1. The third-order valence-electron chi connectivity index (χ3n) is 3.16. The molecule has 0 spiro atoms. The van der Waals surface area contributed by atoms with Crippen LogP contribution in [-0.2, 0) is 11.0 Å². The number of hydrogen-bond donors (Lipinski definition) is 1. The summed E-state index contributed by atoms with van der Waals surface area (Å²) in [6, 6.07) is 0.947. The molecule has 13 heteroatoms. The van der Waals surface area contributed by atoms with Crippen molar-refractivity contribution in [1.82, 2.24) is 0 Å². The van der Waals surface area contributed by atoms with Gasteiger partial charge >= 0.3 is 12.4 Å². The molecule has 1 heterocycles. The number of benzene rings is 1. The van der Waals surface area contributed by atoms with Gasteiger partial charge in [0.25, 0.3) is 5.91 Å². The first kappa shape index (κ1) is 21.4. The average Bonchev–Trinajstić information content (AvgIpc) is 2.85. The molecule has 1 atom stereocenters. The van der Waals surface area contributed by atoms with Gasteiger partial charge < -0.3 is 10.6 Å². The second-order valence-corrected chi connectivity index (χ2v) is 7.98. The van der Waals surface area contributed by atoms with Gasteiger partial charge in [0.05, 0.1) is 21.3 Å². The topological polar surface area (TPSA) is 46.3 Å². The van der Waals surface area contributed by atoms with Gasteiger partial charge in [-0.15, -0.1) is 11.8 Å². The summed E-state index contributed by atoms with van der Waals surface area (Å²) in [4.78, 5) is 11.3. The third kappa shape index (κ3) is 4.00. The first-order valence-electron chi connectivity index (χ1n) is 6.45. The number of carbonyl (C=O) groups excluding carboxylic acids is 1. The summed E-state index contributed by atoms with van der Waals surface area (Å²) < 4.78 is 78.1. The van der Waals surface area contributed by atoms with Crippen molar-refractivity contribution in [2.75, 3.05) is 11.2 Å². The Bertz CT molecular complexity index is 758. The van der Waals surface area contributed by atoms with E-state index < -0.39 is 54.9 Å². The second kappa shape index (κ2) is 7.25. The highest BCUT2D eigenvalue weighted by molar-refractivity contribution is 8.19. The fraction of sp³-hybridized carbons (Fsp3) is 0.308. The Morgan fingerprint density at radius 2 is 1.65 bits per heavy atom. The number of hydrogen-bond acceptors (Lipinski definition) is 4. The maximum absolute atomic E-state index is 13.6. The smallest absolute Gasteiger partial charge is 0.365 e. The van der Waals surface area contributed by atoms with Gasteiger partial charge in [-0.1, -0.05) is 35.0 Å². The van der Waals surface area contributed by atoms with Gasteiger partial charge in [-0.05, 0) is 18.4 Å². The molecule has 0 bridgehead atoms. The molecule has 26 heavy (non-hydrogen) atoms. The van der Waals surface area contributed by atoms with Crippen LogP contribution in [0.2, 0.25) is 10.0 Å². The Labute approximate surface area is 161 Å². The summed E-state index contributed by atoms with van der Waals surface area (Å²) in [5, 5.41) is -1.28. The van der Waals surface area contributed by atoms with E-state index in [1.807, 2.05) is 0 Å². The van der Waals surface area contributed by atoms with E-state index in [1.54, 1.807) is 0 Å².